The van der Waals surface area contributed by atoms with Crippen molar-refractivity contribution < 1.29 is 0 Å². The molecule has 0 N–H and O–H groups in total. The molecule has 0 aromatic carbocycles. The van der Waals surface area contributed by atoms with Gasteiger partial charge < -0.3 is 7.43 Å². The molecule has 9 heavy (non-hydrogen) atoms. The third kappa shape index (κ3) is 103. The normalized spacial score (nSPS) is 5.00. The largest absolute Gasteiger partial charge is 0.358 e. The van der Waals surface area contributed by atoms with E-state index in [0.717, 1.165) is 0 Å². The second-order valence-corrected chi connectivity index (χ2v) is 0.761. The highest BCUT2D eigenvalue weighted by atomic mass is 13.5. The van der Waals surface area contributed by atoms with Gasteiger partial charge >= 0.3 is 0 Å². The lowest BCUT2D eigenvalue weighted by Gasteiger charge is -1.56. The molecule has 0 amide bonds. The molecular weight excluding hydrogens is 108 g/mol. The molecule has 0 bridgehead atoms. The molecule has 0 saturated carbocycles. The maximum absolute atomic E-state index is 3.46. The maximum atomic E-state index is 3.46. The molecule has 0 saturated heterocycles. The Kier molecular flexibility index (Phi) is 222. The summed E-state index contributed by atoms with van der Waals surface area (Å²) in [7, 11) is 0. The highest BCUT2D eigenvalue weighted by Crippen LogP contribution is 1.64. The molecule has 0 rings (SSSR count). The van der Waals surface area contributed by atoms with Crippen LogP contribution in [0.3, 0.4) is 0 Å². The SMILES string of the molecule is C.C.C.C=CC=CC.[CH3-]. The van der Waals surface area contributed by atoms with E-state index in [1.165, 1.54) is 0 Å². The van der Waals surface area contributed by atoms with Gasteiger partial charge in [0.2, 0.25) is 0 Å². The highest BCUT2D eigenvalue weighted by molar-refractivity contribution is 4.94. The van der Waals surface area contributed by atoms with E-state index in [-0.39, 0.29) is 29.7 Å². The fourth-order valence-corrected chi connectivity index (χ4v) is 0.136. The Hall–Kier alpha value is -0.520. The molecule has 0 spiro atoms. The van der Waals surface area contributed by atoms with Gasteiger partial charge in [0, 0.05) is 0 Å². The van der Waals surface area contributed by atoms with Crippen molar-refractivity contribution in [2.24, 2.45) is 0 Å². The Labute approximate surface area is 62.3 Å². The van der Waals surface area contributed by atoms with Gasteiger partial charge in [-0.1, -0.05) is 47.1 Å². The van der Waals surface area contributed by atoms with Crippen LogP contribution in [0.2, 0.25) is 0 Å². The first-order valence-corrected chi connectivity index (χ1v) is 1.65. The zero-order chi connectivity index (χ0) is 4.12. The zero-order valence-electron chi connectivity index (χ0n) is 4.44. The van der Waals surface area contributed by atoms with Crippen LogP contribution in [0, 0.1) is 7.43 Å². The molecular formula is C9H23-. The van der Waals surface area contributed by atoms with Crippen molar-refractivity contribution in [3.63, 3.8) is 0 Å². The molecule has 0 heteroatoms. The fourth-order valence-electron chi connectivity index (χ4n) is 0.136. The van der Waals surface area contributed by atoms with E-state index in [9.17, 15) is 0 Å². The molecule has 0 radical (unpaired) electrons. The summed E-state index contributed by atoms with van der Waals surface area (Å²) in [6.45, 7) is 5.42. The van der Waals surface area contributed by atoms with Crippen molar-refractivity contribution in [2.45, 2.75) is 29.2 Å². The van der Waals surface area contributed by atoms with Crippen molar-refractivity contribution >= 4 is 0 Å². The molecule has 0 heterocycles. The van der Waals surface area contributed by atoms with E-state index in [4.69, 9.17) is 0 Å². The lowest BCUT2D eigenvalue weighted by atomic mass is 10.5. The lowest BCUT2D eigenvalue weighted by molar-refractivity contribution is 1.74. The number of rotatable bonds is 1. The van der Waals surface area contributed by atoms with Gasteiger partial charge in [-0.3, -0.25) is 0 Å². The molecule has 0 aromatic heterocycles. The molecule has 0 aliphatic rings. The minimum Gasteiger partial charge on any atom is -0.358 e. The van der Waals surface area contributed by atoms with Crippen LogP contribution in [0.25, 0.3) is 0 Å². The Balaban J connectivity index is -0.0000000133. The van der Waals surface area contributed by atoms with Crippen LogP contribution in [0.15, 0.2) is 24.8 Å². The average Bonchev–Trinajstić information content (AvgIpc) is 1.41. The fraction of sp³-hybridized carbons (Fsp3) is 0.444. The second kappa shape index (κ2) is 51.1. The molecule has 60 valence electrons. The molecule has 0 nitrogen and oxygen atoms in total. The molecule has 0 aliphatic heterocycles. The smallest absolute Gasteiger partial charge is 0.0467 e. The third-order valence-corrected chi connectivity index (χ3v) is 0.329. The van der Waals surface area contributed by atoms with Gasteiger partial charge in [-0.25, -0.2) is 0 Å². The van der Waals surface area contributed by atoms with Gasteiger partial charge in [-0.2, -0.15) is 0 Å². The van der Waals surface area contributed by atoms with Crippen LogP contribution < -0.4 is 0 Å². The molecule has 0 fully saturated rings. The maximum Gasteiger partial charge on any atom is -0.0467 e. The van der Waals surface area contributed by atoms with Crippen LogP contribution in [-0.4, -0.2) is 0 Å². The quantitative estimate of drug-likeness (QED) is 0.371. The minimum absolute atomic E-state index is 0. The van der Waals surface area contributed by atoms with Gasteiger partial charge in [0.1, 0.15) is 0 Å². The van der Waals surface area contributed by atoms with Crippen LogP contribution >= 0.6 is 0 Å². The monoisotopic (exact) mass is 131 g/mol. The van der Waals surface area contributed by atoms with Crippen molar-refractivity contribution in [2.75, 3.05) is 0 Å². The number of hydrogen-bond donors (Lipinski definition) is 0. The van der Waals surface area contributed by atoms with Gasteiger partial charge in [-0.05, 0) is 6.92 Å². The van der Waals surface area contributed by atoms with E-state index in [2.05, 4.69) is 6.58 Å². The van der Waals surface area contributed by atoms with Crippen molar-refractivity contribution in [3.8, 4) is 0 Å². The highest BCUT2D eigenvalue weighted by Gasteiger charge is 1.42. The summed E-state index contributed by atoms with van der Waals surface area (Å²) in [5.74, 6) is 0. The van der Waals surface area contributed by atoms with Crippen molar-refractivity contribution in [1.29, 1.82) is 0 Å². The van der Waals surface area contributed by atoms with E-state index in [1.807, 2.05) is 19.1 Å². The van der Waals surface area contributed by atoms with E-state index in [0.29, 0.717) is 0 Å². The first-order valence-electron chi connectivity index (χ1n) is 1.65. The van der Waals surface area contributed by atoms with E-state index < -0.39 is 0 Å². The van der Waals surface area contributed by atoms with Crippen molar-refractivity contribution in [3.05, 3.63) is 32.2 Å². The van der Waals surface area contributed by atoms with Crippen LogP contribution in [0.5, 0.6) is 0 Å². The summed E-state index contributed by atoms with van der Waals surface area (Å²) in [6, 6.07) is 0. The predicted octanol–water partition coefficient (Wildman–Crippen LogP) is 4.11. The predicted molar refractivity (Wildman–Crippen MR) is 51.6 cm³/mol. The Morgan fingerprint density at radius 3 is 1.44 bits per heavy atom. The number of hydrogen-bond acceptors (Lipinski definition) is 0. The number of allylic oxidation sites excluding steroid dienone is 3. The van der Waals surface area contributed by atoms with Crippen molar-refractivity contribution in [1.82, 2.24) is 0 Å². The van der Waals surface area contributed by atoms with Gasteiger partial charge in [0.05, 0.1) is 0 Å². The van der Waals surface area contributed by atoms with E-state index in [1.54, 1.807) is 6.08 Å². The Morgan fingerprint density at radius 2 is 1.44 bits per heavy atom. The van der Waals surface area contributed by atoms with Gasteiger partial charge in [-0.15, -0.1) is 0 Å². The summed E-state index contributed by atoms with van der Waals surface area (Å²) in [5, 5.41) is 0. The Morgan fingerprint density at radius 1 is 1.11 bits per heavy atom. The topological polar surface area (TPSA) is 0 Å². The summed E-state index contributed by atoms with van der Waals surface area (Å²) in [6.07, 6.45) is 5.58. The third-order valence-electron chi connectivity index (χ3n) is 0.329. The molecule has 0 unspecified atom stereocenters. The molecule has 0 aromatic rings. The van der Waals surface area contributed by atoms with Gasteiger partial charge in [0.15, 0.2) is 0 Å². The summed E-state index contributed by atoms with van der Waals surface area (Å²) < 4.78 is 0. The lowest BCUT2D eigenvalue weighted by Crippen LogP contribution is -1.33. The first-order chi connectivity index (χ1) is 2.41. The Bertz CT molecular complexity index is 42.0. The summed E-state index contributed by atoms with van der Waals surface area (Å²) >= 11 is 0. The standard InChI is InChI=1S/C5H8.3CH4.CH3/c1-3-5-4-2;;;;/h3-5H,1H2,2H3;3*1H4;1H3/q;;;;-1. The van der Waals surface area contributed by atoms with Crippen LogP contribution in [0.1, 0.15) is 29.2 Å². The van der Waals surface area contributed by atoms with Crippen LogP contribution in [0.4, 0.5) is 0 Å². The molecule has 0 aliphatic carbocycles. The average molecular weight is 131 g/mol. The molecule has 0 atom stereocenters. The summed E-state index contributed by atoms with van der Waals surface area (Å²) in [5.41, 5.74) is 0. The van der Waals surface area contributed by atoms with E-state index >= 15 is 0 Å². The second-order valence-electron chi connectivity index (χ2n) is 0.761. The van der Waals surface area contributed by atoms with Crippen LogP contribution in [-0.2, 0) is 0 Å². The van der Waals surface area contributed by atoms with Gasteiger partial charge in [0.25, 0.3) is 0 Å². The minimum atomic E-state index is 0. The summed E-state index contributed by atoms with van der Waals surface area (Å²) in [4.78, 5) is 0. The zero-order valence-corrected chi connectivity index (χ0v) is 4.44. The first kappa shape index (κ1) is 39.2.